The highest BCUT2D eigenvalue weighted by Gasteiger charge is 2.34. The zero-order valence-electron chi connectivity index (χ0n) is 10.2. The van der Waals surface area contributed by atoms with Crippen molar-refractivity contribution in [2.45, 2.75) is 29.8 Å². The second-order valence-electron chi connectivity index (χ2n) is 4.84. The van der Waals surface area contributed by atoms with Crippen molar-refractivity contribution in [3.63, 3.8) is 0 Å². The van der Waals surface area contributed by atoms with Crippen molar-refractivity contribution in [2.24, 2.45) is 0 Å². The number of ether oxygens (including phenoxy) is 2. The summed E-state index contributed by atoms with van der Waals surface area (Å²) in [6.07, 6.45) is 0.119. The molecule has 1 aromatic carbocycles. The molecular weight excluding hydrogens is 234 g/mol. The molecule has 0 aliphatic carbocycles. The third-order valence-electron chi connectivity index (χ3n) is 2.99. The number of para-hydroxylation sites is 1. The Morgan fingerprint density at radius 2 is 2.29 bits per heavy atom. The predicted octanol–water partition coefficient (Wildman–Crippen LogP) is 2.57. The van der Waals surface area contributed by atoms with Crippen LogP contribution in [0.25, 0.3) is 0 Å². The van der Waals surface area contributed by atoms with E-state index in [9.17, 15) is 0 Å². The number of hydrogen-bond acceptors (Lipinski definition) is 4. The number of hydrogen-bond donors (Lipinski definition) is 1. The second kappa shape index (κ2) is 4.19. The lowest BCUT2D eigenvalue weighted by molar-refractivity contribution is 0.0249. The summed E-state index contributed by atoms with van der Waals surface area (Å²) in [4.78, 5) is 1.06. The van der Waals surface area contributed by atoms with Crippen LogP contribution in [-0.4, -0.2) is 24.6 Å². The van der Waals surface area contributed by atoms with Crippen LogP contribution in [0.1, 0.15) is 25.5 Å². The van der Waals surface area contributed by atoms with Gasteiger partial charge in [0.2, 0.25) is 0 Å². The van der Waals surface area contributed by atoms with Crippen LogP contribution in [0.4, 0.5) is 0 Å². The molecule has 0 spiro atoms. The van der Waals surface area contributed by atoms with Gasteiger partial charge in [-0.25, -0.2) is 0 Å². The van der Waals surface area contributed by atoms with Crippen molar-refractivity contribution in [2.75, 3.05) is 19.7 Å². The first-order chi connectivity index (χ1) is 8.16. The van der Waals surface area contributed by atoms with Gasteiger partial charge in [-0.15, -0.1) is 0 Å². The summed E-state index contributed by atoms with van der Waals surface area (Å²) in [5.74, 6) is 1.01. The molecule has 0 bridgehead atoms. The molecule has 2 aliphatic rings. The van der Waals surface area contributed by atoms with Crippen molar-refractivity contribution in [1.29, 1.82) is 0 Å². The summed E-state index contributed by atoms with van der Waals surface area (Å²) < 4.78 is 11.8. The molecule has 17 heavy (non-hydrogen) atoms. The molecule has 1 aromatic rings. The van der Waals surface area contributed by atoms with E-state index in [1.165, 1.54) is 10.5 Å². The Morgan fingerprint density at radius 1 is 1.41 bits per heavy atom. The normalized spacial score (nSPS) is 26.4. The minimum atomic E-state index is -0.166. The maximum atomic E-state index is 6.03. The van der Waals surface area contributed by atoms with Gasteiger partial charge < -0.3 is 14.8 Å². The Labute approximate surface area is 106 Å². The summed E-state index contributed by atoms with van der Waals surface area (Å²) in [6, 6.07) is 6.32. The fourth-order valence-corrected chi connectivity index (χ4v) is 3.33. The number of morpholine rings is 1. The SMILES string of the molecule is CC1(C)Oc2c(cccc2C2CNCCO2)S1. The van der Waals surface area contributed by atoms with Crippen molar-refractivity contribution < 1.29 is 9.47 Å². The molecule has 3 rings (SSSR count). The van der Waals surface area contributed by atoms with Crippen LogP contribution in [-0.2, 0) is 4.74 Å². The van der Waals surface area contributed by atoms with Gasteiger partial charge >= 0.3 is 0 Å². The fraction of sp³-hybridized carbons (Fsp3) is 0.538. The van der Waals surface area contributed by atoms with E-state index >= 15 is 0 Å². The van der Waals surface area contributed by atoms with Gasteiger partial charge in [-0.2, -0.15) is 0 Å². The highest BCUT2D eigenvalue weighted by Crippen LogP contribution is 2.50. The summed E-state index contributed by atoms with van der Waals surface area (Å²) >= 11 is 1.77. The molecule has 92 valence electrons. The molecule has 1 fully saturated rings. The molecule has 0 aromatic heterocycles. The van der Waals surface area contributed by atoms with Crippen LogP contribution in [0.15, 0.2) is 23.1 Å². The average Bonchev–Trinajstić information content (AvgIpc) is 2.63. The average molecular weight is 251 g/mol. The molecule has 0 saturated carbocycles. The van der Waals surface area contributed by atoms with Crippen LogP contribution in [0, 0.1) is 0 Å². The fourth-order valence-electron chi connectivity index (χ4n) is 2.27. The molecule has 2 aliphatic heterocycles. The van der Waals surface area contributed by atoms with E-state index in [1.807, 2.05) is 0 Å². The molecule has 1 N–H and O–H groups in total. The third kappa shape index (κ3) is 2.17. The van der Waals surface area contributed by atoms with Crippen molar-refractivity contribution >= 4 is 11.8 Å². The van der Waals surface area contributed by atoms with E-state index in [2.05, 4.69) is 37.4 Å². The monoisotopic (exact) mass is 251 g/mol. The van der Waals surface area contributed by atoms with E-state index in [1.54, 1.807) is 11.8 Å². The third-order valence-corrected chi connectivity index (χ3v) is 4.10. The Morgan fingerprint density at radius 3 is 3.06 bits per heavy atom. The minimum Gasteiger partial charge on any atom is -0.475 e. The van der Waals surface area contributed by atoms with Crippen LogP contribution in [0.3, 0.4) is 0 Å². The van der Waals surface area contributed by atoms with Gasteiger partial charge in [0.1, 0.15) is 5.75 Å². The molecule has 0 radical (unpaired) electrons. The Balaban J connectivity index is 1.94. The van der Waals surface area contributed by atoms with Crippen molar-refractivity contribution in [3.8, 4) is 5.75 Å². The molecule has 0 amide bonds. The maximum absolute atomic E-state index is 6.03. The highest BCUT2D eigenvalue weighted by molar-refractivity contribution is 8.00. The van der Waals surface area contributed by atoms with E-state index in [4.69, 9.17) is 9.47 Å². The van der Waals surface area contributed by atoms with E-state index in [-0.39, 0.29) is 11.0 Å². The topological polar surface area (TPSA) is 30.5 Å². The van der Waals surface area contributed by atoms with Crippen LogP contribution < -0.4 is 10.1 Å². The van der Waals surface area contributed by atoms with Gasteiger partial charge in [0.25, 0.3) is 0 Å². The summed E-state index contributed by atoms with van der Waals surface area (Å²) in [6.45, 7) is 6.77. The molecular formula is C13H17NO2S. The molecule has 1 atom stereocenters. The number of fused-ring (bicyclic) bond motifs is 1. The molecule has 4 heteroatoms. The predicted molar refractivity (Wildman–Crippen MR) is 68.6 cm³/mol. The van der Waals surface area contributed by atoms with Crippen molar-refractivity contribution in [1.82, 2.24) is 5.32 Å². The Bertz CT molecular complexity index is 427. The zero-order valence-corrected chi connectivity index (χ0v) is 11.0. The molecule has 2 heterocycles. The standard InChI is InChI=1S/C13H17NO2S/c1-13(2)16-12-9(4-3-5-11(12)17-13)10-8-14-6-7-15-10/h3-5,10,14H,6-8H2,1-2H3. The lowest BCUT2D eigenvalue weighted by atomic mass is 10.1. The van der Waals surface area contributed by atoms with Gasteiger partial charge in [-0.3, -0.25) is 0 Å². The molecule has 1 unspecified atom stereocenters. The van der Waals surface area contributed by atoms with Gasteiger partial charge in [0.15, 0.2) is 4.93 Å². The van der Waals surface area contributed by atoms with Crippen LogP contribution in [0.2, 0.25) is 0 Å². The summed E-state index contributed by atoms with van der Waals surface area (Å²) in [5.41, 5.74) is 1.17. The van der Waals surface area contributed by atoms with Crippen LogP contribution >= 0.6 is 11.8 Å². The van der Waals surface area contributed by atoms with Crippen molar-refractivity contribution in [3.05, 3.63) is 23.8 Å². The first kappa shape index (κ1) is 11.4. The number of benzene rings is 1. The van der Waals surface area contributed by atoms with Gasteiger partial charge in [-0.1, -0.05) is 23.9 Å². The second-order valence-corrected chi connectivity index (χ2v) is 6.47. The summed E-state index contributed by atoms with van der Waals surface area (Å²) in [7, 11) is 0. The number of thioether (sulfide) groups is 1. The highest BCUT2D eigenvalue weighted by atomic mass is 32.2. The zero-order chi connectivity index (χ0) is 11.9. The summed E-state index contributed by atoms with van der Waals surface area (Å²) in [5, 5.41) is 3.36. The van der Waals surface area contributed by atoms with E-state index < -0.39 is 0 Å². The lowest BCUT2D eigenvalue weighted by Gasteiger charge is -2.25. The number of rotatable bonds is 1. The first-order valence-electron chi connectivity index (χ1n) is 5.99. The molecule has 1 saturated heterocycles. The van der Waals surface area contributed by atoms with E-state index in [0.717, 1.165) is 25.4 Å². The molecule has 3 nitrogen and oxygen atoms in total. The quantitative estimate of drug-likeness (QED) is 0.831. The van der Waals surface area contributed by atoms with Gasteiger partial charge in [-0.05, 0) is 19.9 Å². The van der Waals surface area contributed by atoms with E-state index in [0.29, 0.717) is 0 Å². The lowest BCUT2D eigenvalue weighted by Crippen LogP contribution is -2.33. The Hall–Kier alpha value is -0.710. The van der Waals surface area contributed by atoms with Crippen LogP contribution in [0.5, 0.6) is 5.75 Å². The van der Waals surface area contributed by atoms with Gasteiger partial charge in [0.05, 0.1) is 17.6 Å². The smallest absolute Gasteiger partial charge is 0.153 e. The van der Waals surface area contributed by atoms with Gasteiger partial charge in [0, 0.05) is 18.7 Å². The largest absolute Gasteiger partial charge is 0.475 e. The maximum Gasteiger partial charge on any atom is 0.153 e. The Kier molecular flexibility index (Phi) is 2.81. The number of nitrogens with one attached hydrogen (secondary N) is 1. The first-order valence-corrected chi connectivity index (χ1v) is 6.81. The minimum absolute atomic E-state index is 0.119.